The average molecular weight is 1180 g/mol. The molecule has 0 N–H and O–H groups in total. The van der Waals surface area contributed by atoms with Crippen molar-refractivity contribution in [3.63, 3.8) is 0 Å². The Morgan fingerprint density at radius 2 is 0.371 bits per heavy atom. The van der Waals surface area contributed by atoms with Crippen molar-refractivity contribution in [1.29, 1.82) is 0 Å². The van der Waals surface area contributed by atoms with E-state index in [1.165, 1.54) is 77.0 Å². The fourth-order valence-corrected chi connectivity index (χ4v) is 9.55. The topological polar surface area (TPSA) is 0 Å². The number of hydrogen-bond acceptors (Lipinski definition) is 0. The Hall–Kier alpha value is -3.97. The van der Waals surface area contributed by atoms with Crippen LogP contribution in [-0.2, 0) is 52.0 Å². The summed E-state index contributed by atoms with van der Waals surface area (Å²) in [6.45, 7) is 14.9. The van der Waals surface area contributed by atoms with Gasteiger partial charge in [-0.1, -0.05) is 147 Å². The predicted molar refractivity (Wildman–Crippen MR) is 306 cm³/mol. The monoisotopic (exact) mass is 1170 g/mol. The Morgan fingerprint density at radius 1 is 0.243 bits per heavy atom. The van der Waals surface area contributed by atoms with Crippen LogP contribution in [0.25, 0.3) is 0 Å². The Labute approximate surface area is 470 Å². The standard InChI is InChI=1S/4C9H12.4C7H7.4CH3.Hf.Zr/c4*1-2-5-9-7-3-6-8(9)4-1;4*1-7-5-3-2-4-6-7;;;;;;/h4*1-2,4-5,8-9H,3,6-7H2;4*2-6H,1H2;4*1H3;;/q;;;;8*-1;2*+4. The van der Waals surface area contributed by atoms with E-state index in [4.69, 9.17) is 0 Å². The summed E-state index contributed by atoms with van der Waals surface area (Å²) in [6, 6.07) is 39.5. The second kappa shape index (κ2) is 41.6. The number of fused-ring (bicyclic) bond motifs is 4. The first-order chi connectivity index (χ1) is 31.4. The number of hydrogen-bond donors (Lipinski definition) is 0. The van der Waals surface area contributed by atoms with Gasteiger partial charge in [0.05, 0.1) is 0 Å². The summed E-state index contributed by atoms with van der Waals surface area (Å²) in [5, 5.41) is 0. The Morgan fingerprint density at radius 3 is 0.471 bits per heavy atom. The molecule has 8 aliphatic carbocycles. The molecule has 0 aromatic heterocycles. The normalized spacial score (nSPS) is 23.5. The summed E-state index contributed by atoms with van der Waals surface area (Å²) in [6.07, 6.45) is 53.5. The summed E-state index contributed by atoms with van der Waals surface area (Å²) in [4.78, 5) is 0. The zero-order valence-corrected chi connectivity index (χ0v) is 49.8. The molecule has 8 aliphatic rings. The molecule has 4 aromatic rings. The summed E-state index contributed by atoms with van der Waals surface area (Å²) in [5.41, 5.74) is 4.29. The van der Waals surface area contributed by atoms with Crippen molar-refractivity contribution in [1.82, 2.24) is 0 Å². The molecule has 0 saturated heterocycles. The van der Waals surface area contributed by atoms with Gasteiger partial charge in [0, 0.05) is 0 Å². The molecule has 0 aliphatic heterocycles. The van der Waals surface area contributed by atoms with Crippen LogP contribution < -0.4 is 0 Å². The van der Waals surface area contributed by atoms with Crippen molar-refractivity contribution < 1.29 is 52.0 Å². The maximum Gasteiger partial charge on any atom is 4.00 e. The minimum absolute atomic E-state index is 0. The largest absolute Gasteiger partial charge is 4.00 e. The molecular formula is C68H88HfZr. The Bertz CT molecular complexity index is 1680. The third-order valence-corrected chi connectivity index (χ3v) is 13.2. The average Bonchev–Trinajstić information content (AvgIpc) is 4.20. The smallest absolute Gasteiger partial charge is 0.358 e. The summed E-state index contributed by atoms with van der Waals surface area (Å²) in [5.74, 6) is 7.19. The van der Waals surface area contributed by atoms with E-state index in [1.54, 1.807) is 0 Å². The van der Waals surface area contributed by atoms with E-state index in [2.05, 4.69) is 125 Å². The predicted octanol–water partition coefficient (Wildman–Crippen LogP) is 19.4. The molecule has 0 nitrogen and oxygen atoms in total. The van der Waals surface area contributed by atoms with E-state index in [-0.39, 0.29) is 81.8 Å². The van der Waals surface area contributed by atoms with Crippen LogP contribution in [0, 0.1) is 105 Å². The molecule has 0 bridgehead atoms. The first-order valence-electron chi connectivity index (χ1n) is 24.3. The van der Waals surface area contributed by atoms with E-state index in [1.807, 2.05) is 121 Å². The zero-order valence-electron chi connectivity index (χ0n) is 43.7. The Balaban J connectivity index is 0. The van der Waals surface area contributed by atoms with Crippen LogP contribution in [0.3, 0.4) is 0 Å². The van der Waals surface area contributed by atoms with E-state index >= 15 is 0 Å². The SMILES string of the molecule is C1=CC2CCCC2C=C1.C1=CC2CCCC2C=C1.C1=CC2CCCC2C=C1.C1=CC2CCCC2C=C1.[CH2-]c1ccccc1.[CH2-]c1ccccc1.[CH2-]c1ccccc1.[CH2-]c1ccccc1.[CH3-].[CH3-].[CH3-].[CH3-].[Hf+4].[Zr+4]. The van der Waals surface area contributed by atoms with Crippen molar-refractivity contribution in [2.75, 3.05) is 0 Å². The molecule has 368 valence electrons. The van der Waals surface area contributed by atoms with Crippen molar-refractivity contribution in [3.8, 4) is 0 Å². The number of rotatable bonds is 0. The van der Waals surface area contributed by atoms with Gasteiger partial charge in [0.1, 0.15) is 0 Å². The fourth-order valence-electron chi connectivity index (χ4n) is 9.55. The molecule has 0 radical (unpaired) electrons. The van der Waals surface area contributed by atoms with Crippen LogP contribution in [0.4, 0.5) is 0 Å². The molecule has 4 aromatic carbocycles. The first-order valence-corrected chi connectivity index (χ1v) is 24.3. The van der Waals surface area contributed by atoms with E-state index in [0.29, 0.717) is 0 Å². The molecular weight excluding hydrogens is 1090 g/mol. The number of allylic oxidation sites excluding steroid dienone is 16. The molecule has 2 heteroatoms. The molecule has 0 heterocycles. The molecule has 0 spiro atoms. The second-order valence-corrected chi connectivity index (χ2v) is 18.1. The van der Waals surface area contributed by atoms with Crippen LogP contribution in [0.1, 0.15) is 99.3 Å². The van der Waals surface area contributed by atoms with Crippen LogP contribution in [-0.4, -0.2) is 0 Å². The summed E-state index contributed by atoms with van der Waals surface area (Å²) in [7, 11) is 0. The van der Waals surface area contributed by atoms with E-state index < -0.39 is 0 Å². The van der Waals surface area contributed by atoms with Gasteiger partial charge in [-0.05, 0) is 98.7 Å². The molecule has 4 fully saturated rings. The summed E-state index contributed by atoms with van der Waals surface area (Å²) >= 11 is 0. The van der Waals surface area contributed by atoms with Crippen molar-refractivity contribution in [2.45, 2.75) is 77.0 Å². The zero-order chi connectivity index (χ0) is 44.9. The molecule has 8 unspecified atom stereocenters. The van der Waals surface area contributed by atoms with Crippen LogP contribution >= 0.6 is 0 Å². The summed E-state index contributed by atoms with van der Waals surface area (Å²) < 4.78 is 0. The van der Waals surface area contributed by atoms with Gasteiger partial charge in [0.15, 0.2) is 0 Å². The first kappa shape index (κ1) is 68.1. The van der Waals surface area contributed by atoms with Gasteiger partial charge in [0.25, 0.3) is 0 Å². The molecule has 4 saturated carbocycles. The van der Waals surface area contributed by atoms with Crippen molar-refractivity contribution in [3.05, 3.63) is 298 Å². The van der Waals surface area contributed by atoms with Gasteiger partial charge in [0.2, 0.25) is 0 Å². The van der Waals surface area contributed by atoms with Crippen LogP contribution in [0.5, 0.6) is 0 Å². The quantitative estimate of drug-likeness (QED) is 0.122. The molecule has 70 heavy (non-hydrogen) atoms. The fraction of sp³-hybridized carbons (Fsp3) is 0.294. The minimum atomic E-state index is 0. The van der Waals surface area contributed by atoms with Gasteiger partial charge in [-0.3, -0.25) is 0 Å². The van der Waals surface area contributed by atoms with E-state index in [9.17, 15) is 0 Å². The van der Waals surface area contributed by atoms with E-state index in [0.717, 1.165) is 69.6 Å². The maximum atomic E-state index is 3.72. The Kier molecular flexibility index (Phi) is 40.5. The third-order valence-electron chi connectivity index (χ3n) is 13.2. The van der Waals surface area contributed by atoms with Crippen LogP contribution in [0.2, 0.25) is 0 Å². The molecule has 0 amide bonds. The van der Waals surface area contributed by atoms with Gasteiger partial charge < -0.3 is 29.7 Å². The van der Waals surface area contributed by atoms with Crippen molar-refractivity contribution in [2.24, 2.45) is 47.3 Å². The maximum absolute atomic E-state index is 3.72. The van der Waals surface area contributed by atoms with Crippen LogP contribution in [0.15, 0.2) is 219 Å². The molecule has 12 rings (SSSR count). The third kappa shape index (κ3) is 27.6. The van der Waals surface area contributed by atoms with Gasteiger partial charge in [-0.25, -0.2) is 0 Å². The second-order valence-electron chi connectivity index (χ2n) is 18.1. The van der Waals surface area contributed by atoms with Gasteiger partial charge >= 0.3 is 52.0 Å². The molecule has 8 atom stereocenters. The van der Waals surface area contributed by atoms with Crippen molar-refractivity contribution >= 4 is 0 Å². The van der Waals surface area contributed by atoms with Gasteiger partial charge in [-0.15, -0.1) is 48.5 Å². The van der Waals surface area contributed by atoms with Gasteiger partial charge in [-0.2, -0.15) is 98.5 Å². The number of benzene rings is 4. The minimum Gasteiger partial charge on any atom is -0.358 e.